The van der Waals surface area contributed by atoms with Crippen molar-refractivity contribution >= 4 is 29.1 Å². The molecule has 0 saturated heterocycles. The summed E-state index contributed by atoms with van der Waals surface area (Å²) in [6.07, 6.45) is 2.52. The Labute approximate surface area is 140 Å². The maximum atomic E-state index is 12.4. The highest BCUT2D eigenvalue weighted by Gasteiger charge is 2.18. The number of rotatable bonds is 5. The normalized spacial score (nSPS) is 12.0. The van der Waals surface area contributed by atoms with Crippen molar-refractivity contribution in [3.05, 3.63) is 63.9 Å². The average molecular weight is 337 g/mol. The molecule has 1 aromatic carbocycles. The van der Waals surface area contributed by atoms with Crippen LogP contribution in [0.25, 0.3) is 0 Å². The highest BCUT2D eigenvalue weighted by atomic mass is 35.5. The van der Waals surface area contributed by atoms with E-state index < -0.39 is 0 Å². The Bertz CT molecular complexity index is 646. The Morgan fingerprint density at radius 1 is 1.23 bits per heavy atom. The molecule has 0 saturated carbocycles. The summed E-state index contributed by atoms with van der Waals surface area (Å²) in [6.45, 7) is 2.69. The summed E-state index contributed by atoms with van der Waals surface area (Å²) in [7, 11) is 1.79. The third-order valence-corrected chi connectivity index (χ3v) is 4.37. The molecule has 22 heavy (non-hydrogen) atoms. The number of nitrogens with zero attached hydrogens (tertiary/aromatic N) is 2. The summed E-state index contributed by atoms with van der Waals surface area (Å²) in [4.78, 5) is 18.2. The molecule has 0 aliphatic heterocycles. The van der Waals surface area contributed by atoms with Gasteiger partial charge in [-0.25, -0.2) is 0 Å². The third-order valence-electron chi connectivity index (χ3n) is 3.63. The van der Waals surface area contributed by atoms with Crippen molar-refractivity contribution in [2.45, 2.75) is 19.3 Å². The van der Waals surface area contributed by atoms with E-state index in [0.29, 0.717) is 22.3 Å². The average Bonchev–Trinajstić information content (AvgIpc) is 2.55. The van der Waals surface area contributed by atoms with Crippen LogP contribution in [0.2, 0.25) is 10.0 Å². The van der Waals surface area contributed by atoms with E-state index in [1.165, 1.54) is 0 Å². The molecule has 5 heteroatoms. The Balaban J connectivity index is 2.12. The summed E-state index contributed by atoms with van der Waals surface area (Å²) in [5, 5.41) is 1.08. The fourth-order valence-corrected chi connectivity index (χ4v) is 2.64. The van der Waals surface area contributed by atoms with Crippen molar-refractivity contribution in [1.29, 1.82) is 0 Å². The second kappa shape index (κ2) is 7.61. The molecular formula is C17H18Cl2N2O. The van der Waals surface area contributed by atoms with E-state index in [0.717, 1.165) is 12.0 Å². The number of benzene rings is 1. The number of likely N-dealkylation sites (N-methyl/N-ethyl adjacent to an activating group) is 1. The number of hydrogen-bond donors (Lipinski definition) is 0. The number of carbonyl (C=O) groups is 1. The summed E-state index contributed by atoms with van der Waals surface area (Å²) >= 11 is 12.0. The van der Waals surface area contributed by atoms with Crippen molar-refractivity contribution in [3.63, 3.8) is 0 Å². The molecule has 1 unspecified atom stereocenters. The van der Waals surface area contributed by atoms with Gasteiger partial charge in [0.15, 0.2) is 0 Å². The lowest BCUT2D eigenvalue weighted by Crippen LogP contribution is -2.31. The Morgan fingerprint density at radius 2 is 2.00 bits per heavy atom. The number of carbonyl (C=O) groups excluding carboxylic acids is 1. The molecule has 0 radical (unpaired) electrons. The van der Waals surface area contributed by atoms with Gasteiger partial charge in [0.05, 0.1) is 10.0 Å². The molecule has 1 amide bonds. The highest BCUT2D eigenvalue weighted by molar-refractivity contribution is 6.42. The first-order valence-electron chi connectivity index (χ1n) is 7.14. The predicted octanol–water partition coefficient (Wildman–Crippen LogP) is 4.65. The van der Waals surface area contributed by atoms with Gasteiger partial charge in [0.1, 0.15) is 5.69 Å². The standard InChI is InChI=1S/C17H18Cl2N2O/c1-3-12(13-7-8-14(18)15(19)10-13)11-21(2)17(22)16-6-4-5-9-20-16/h4-10,12H,3,11H2,1-2H3. The van der Waals surface area contributed by atoms with Gasteiger partial charge in [0, 0.05) is 25.7 Å². The van der Waals surface area contributed by atoms with E-state index in [9.17, 15) is 4.79 Å². The minimum absolute atomic E-state index is 0.0842. The van der Waals surface area contributed by atoms with Gasteiger partial charge < -0.3 is 4.90 Å². The molecule has 0 aliphatic carbocycles. The largest absolute Gasteiger partial charge is 0.340 e. The van der Waals surface area contributed by atoms with Gasteiger partial charge in [0.25, 0.3) is 5.91 Å². The molecule has 0 fully saturated rings. The maximum Gasteiger partial charge on any atom is 0.272 e. The van der Waals surface area contributed by atoms with Gasteiger partial charge in [-0.05, 0) is 36.2 Å². The van der Waals surface area contributed by atoms with Crippen molar-refractivity contribution in [2.75, 3.05) is 13.6 Å². The zero-order valence-corrected chi connectivity index (χ0v) is 14.1. The van der Waals surface area contributed by atoms with Crippen molar-refractivity contribution in [2.24, 2.45) is 0 Å². The minimum atomic E-state index is -0.0842. The van der Waals surface area contributed by atoms with Gasteiger partial charge in [-0.1, -0.05) is 42.3 Å². The lowest BCUT2D eigenvalue weighted by molar-refractivity contribution is 0.0779. The van der Waals surface area contributed by atoms with Crippen LogP contribution in [0.3, 0.4) is 0 Å². The quantitative estimate of drug-likeness (QED) is 0.795. The van der Waals surface area contributed by atoms with Gasteiger partial charge >= 0.3 is 0 Å². The lowest BCUT2D eigenvalue weighted by Gasteiger charge is -2.24. The molecule has 2 aromatic rings. The third kappa shape index (κ3) is 3.99. The summed E-state index contributed by atoms with van der Waals surface area (Å²) in [5.74, 6) is 0.117. The summed E-state index contributed by atoms with van der Waals surface area (Å²) < 4.78 is 0. The summed E-state index contributed by atoms with van der Waals surface area (Å²) in [6, 6.07) is 11.0. The fourth-order valence-electron chi connectivity index (χ4n) is 2.33. The van der Waals surface area contributed by atoms with Gasteiger partial charge in [-0.2, -0.15) is 0 Å². The summed E-state index contributed by atoms with van der Waals surface area (Å²) in [5.41, 5.74) is 1.53. The number of aromatic nitrogens is 1. The lowest BCUT2D eigenvalue weighted by atomic mass is 9.96. The maximum absolute atomic E-state index is 12.4. The molecule has 1 heterocycles. The van der Waals surface area contributed by atoms with Crippen LogP contribution in [0.5, 0.6) is 0 Å². The first-order valence-corrected chi connectivity index (χ1v) is 7.90. The number of halogens is 2. The van der Waals surface area contributed by atoms with Gasteiger partial charge in [-0.3, -0.25) is 9.78 Å². The van der Waals surface area contributed by atoms with Gasteiger partial charge in [0.2, 0.25) is 0 Å². The van der Waals surface area contributed by atoms with E-state index >= 15 is 0 Å². The Morgan fingerprint density at radius 3 is 2.59 bits per heavy atom. The molecule has 3 nitrogen and oxygen atoms in total. The molecule has 0 aliphatic rings. The zero-order valence-electron chi connectivity index (χ0n) is 12.6. The molecule has 0 N–H and O–H groups in total. The smallest absolute Gasteiger partial charge is 0.272 e. The second-order valence-electron chi connectivity index (χ2n) is 5.18. The highest BCUT2D eigenvalue weighted by Crippen LogP contribution is 2.28. The Hall–Kier alpha value is -1.58. The fraction of sp³-hybridized carbons (Fsp3) is 0.294. The molecule has 2 rings (SSSR count). The van der Waals surface area contributed by atoms with Crippen LogP contribution in [0, 0.1) is 0 Å². The van der Waals surface area contributed by atoms with Crippen LogP contribution in [0.15, 0.2) is 42.6 Å². The predicted molar refractivity (Wildman–Crippen MR) is 90.7 cm³/mol. The van der Waals surface area contributed by atoms with Crippen LogP contribution < -0.4 is 0 Å². The number of pyridine rings is 1. The van der Waals surface area contributed by atoms with Crippen molar-refractivity contribution in [1.82, 2.24) is 9.88 Å². The number of hydrogen-bond acceptors (Lipinski definition) is 2. The minimum Gasteiger partial charge on any atom is -0.340 e. The van der Waals surface area contributed by atoms with Crippen LogP contribution in [0.4, 0.5) is 0 Å². The number of amides is 1. The van der Waals surface area contributed by atoms with E-state index in [4.69, 9.17) is 23.2 Å². The molecule has 0 bridgehead atoms. The van der Waals surface area contributed by atoms with Crippen LogP contribution in [-0.2, 0) is 0 Å². The van der Waals surface area contributed by atoms with E-state index in [1.807, 2.05) is 18.2 Å². The van der Waals surface area contributed by atoms with Crippen LogP contribution >= 0.6 is 23.2 Å². The van der Waals surface area contributed by atoms with Crippen molar-refractivity contribution in [3.8, 4) is 0 Å². The monoisotopic (exact) mass is 336 g/mol. The molecule has 116 valence electrons. The van der Waals surface area contributed by atoms with E-state index in [2.05, 4.69) is 11.9 Å². The molecule has 0 spiro atoms. The zero-order chi connectivity index (χ0) is 16.1. The topological polar surface area (TPSA) is 33.2 Å². The van der Waals surface area contributed by atoms with Crippen LogP contribution in [-0.4, -0.2) is 29.4 Å². The van der Waals surface area contributed by atoms with Crippen molar-refractivity contribution < 1.29 is 4.79 Å². The first kappa shape index (κ1) is 16.8. The Kier molecular flexibility index (Phi) is 5.81. The molecular weight excluding hydrogens is 319 g/mol. The SMILES string of the molecule is CCC(CN(C)C(=O)c1ccccn1)c1ccc(Cl)c(Cl)c1. The van der Waals surface area contributed by atoms with Crippen LogP contribution in [0.1, 0.15) is 35.3 Å². The second-order valence-corrected chi connectivity index (χ2v) is 5.99. The molecule has 1 aromatic heterocycles. The van der Waals surface area contributed by atoms with E-state index in [-0.39, 0.29) is 11.8 Å². The van der Waals surface area contributed by atoms with Gasteiger partial charge in [-0.15, -0.1) is 0 Å². The first-order chi connectivity index (χ1) is 10.5. The molecule has 1 atom stereocenters. The van der Waals surface area contributed by atoms with E-state index in [1.54, 1.807) is 36.3 Å².